The molecule has 11 heavy (non-hydrogen) atoms. The van der Waals surface area contributed by atoms with Crippen LogP contribution in [0, 0.1) is 11.8 Å². The first-order valence-electron chi connectivity index (χ1n) is 3.76. The molecule has 2 heteroatoms. The number of ketones is 2. The Kier molecular flexibility index (Phi) is 1.94. The molecule has 0 spiro atoms. The minimum Gasteiger partial charge on any atom is -0.299 e. The van der Waals surface area contributed by atoms with E-state index < -0.39 is 5.92 Å². The van der Waals surface area contributed by atoms with Crippen LogP contribution in [0.2, 0.25) is 0 Å². The van der Waals surface area contributed by atoms with Crippen LogP contribution >= 0.6 is 0 Å². The Morgan fingerprint density at radius 3 is 2.27 bits per heavy atom. The first kappa shape index (κ1) is 8.18. The molecule has 0 heterocycles. The highest BCUT2D eigenvalue weighted by molar-refractivity contribution is 6.07. The first-order chi connectivity index (χ1) is 5.04. The molecule has 1 aliphatic carbocycles. The highest BCUT2D eigenvalue weighted by atomic mass is 16.2. The van der Waals surface area contributed by atoms with Crippen molar-refractivity contribution in [1.82, 2.24) is 0 Å². The summed E-state index contributed by atoms with van der Waals surface area (Å²) in [5.41, 5.74) is 0.912. The number of allylic oxidation sites excluding steroid dienone is 2. The minimum absolute atomic E-state index is 0.0342. The zero-order chi connectivity index (χ0) is 8.59. The van der Waals surface area contributed by atoms with E-state index in [2.05, 4.69) is 0 Å². The maximum absolute atomic E-state index is 11.3. The number of hydrogen-bond donors (Lipinski definition) is 0. The normalized spacial score (nSPS) is 30.5. The molecule has 1 aliphatic rings. The third-order valence-electron chi connectivity index (χ3n) is 2.11. The lowest BCUT2D eigenvalue weighted by Gasteiger charge is -2.05. The monoisotopic (exact) mass is 152 g/mol. The Balaban J connectivity index is 2.92. The van der Waals surface area contributed by atoms with Crippen LogP contribution in [0.4, 0.5) is 0 Å². The molecular weight excluding hydrogens is 140 g/mol. The van der Waals surface area contributed by atoms with Gasteiger partial charge in [-0.25, -0.2) is 0 Å². The van der Waals surface area contributed by atoms with E-state index >= 15 is 0 Å². The average molecular weight is 152 g/mol. The smallest absolute Gasteiger partial charge is 0.153 e. The molecule has 2 atom stereocenters. The number of carbonyl (C=O) groups excluding carboxylic acids is 2. The fourth-order valence-corrected chi connectivity index (χ4v) is 1.58. The van der Waals surface area contributed by atoms with Crippen LogP contribution in [-0.2, 0) is 9.59 Å². The number of carbonyl (C=O) groups is 2. The topological polar surface area (TPSA) is 34.1 Å². The zero-order valence-electron chi connectivity index (χ0n) is 7.05. The molecule has 0 fully saturated rings. The van der Waals surface area contributed by atoms with Crippen molar-refractivity contribution in [1.29, 1.82) is 0 Å². The van der Waals surface area contributed by atoms with Gasteiger partial charge < -0.3 is 0 Å². The van der Waals surface area contributed by atoms with Crippen LogP contribution in [0.25, 0.3) is 0 Å². The lowest BCUT2D eigenvalue weighted by Crippen LogP contribution is -2.21. The van der Waals surface area contributed by atoms with Gasteiger partial charge in [-0.3, -0.25) is 9.59 Å². The molecular formula is C9H12O2. The molecule has 0 saturated carbocycles. The largest absolute Gasteiger partial charge is 0.299 e. The second-order valence-electron chi connectivity index (χ2n) is 3.15. The molecule has 60 valence electrons. The molecule has 0 aromatic rings. The van der Waals surface area contributed by atoms with E-state index in [4.69, 9.17) is 0 Å². The van der Waals surface area contributed by atoms with Gasteiger partial charge in [-0.2, -0.15) is 0 Å². The third-order valence-corrected chi connectivity index (χ3v) is 2.11. The van der Waals surface area contributed by atoms with Gasteiger partial charge in [0.15, 0.2) is 5.78 Å². The highest BCUT2D eigenvalue weighted by Gasteiger charge is 2.33. The zero-order valence-corrected chi connectivity index (χ0v) is 7.05. The Morgan fingerprint density at radius 2 is 2.09 bits per heavy atom. The number of hydrogen-bond acceptors (Lipinski definition) is 2. The Hall–Kier alpha value is -0.920. The van der Waals surface area contributed by atoms with E-state index in [0.29, 0.717) is 0 Å². The number of rotatable bonds is 1. The van der Waals surface area contributed by atoms with Crippen LogP contribution < -0.4 is 0 Å². The molecule has 0 saturated heterocycles. The highest BCUT2D eigenvalue weighted by Crippen LogP contribution is 2.26. The summed E-state index contributed by atoms with van der Waals surface area (Å²) < 4.78 is 0. The Morgan fingerprint density at radius 1 is 1.55 bits per heavy atom. The summed E-state index contributed by atoms with van der Waals surface area (Å²) in [5.74, 6) is -0.489. The van der Waals surface area contributed by atoms with Gasteiger partial charge in [0.2, 0.25) is 0 Å². The van der Waals surface area contributed by atoms with Crippen molar-refractivity contribution in [2.75, 3.05) is 0 Å². The van der Waals surface area contributed by atoms with Crippen LogP contribution in [0.5, 0.6) is 0 Å². The van der Waals surface area contributed by atoms with Gasteiger partial charge in [-0.15, -0.1) is 0 Å². The van der Waals surface area contributed by atoms with E-state index in [9.17, 15) is 9.59 Å². The molecule has 0 bridgehead atoms. The van der Waals surface area contributed by atoms with Crippen molar-refractivity contribution in [2.24, 2.45) is 11.8 Å². The maximum Gasteiger partial charge on any atom is 0.153 e. The van der Waals surface area contributed by atoms with Gasteiger partial charge in [0, 0.05) is 5.92 Å². The van der Waals surface area contributed by atoms with E-state index in [1.165, 1.54) is 6.92 Å². The SMILES string of the molecule is CC(=O)C1C(=O)C(C)C=C1C. The van der Waals surface area contributed by atoms with Gasteiger partial charge in [0.1, 0.15) is 5.78 Å². The van der Waals surface area contributed by atoms with Crippen molar-refractivity contribution in [3.63, 3.8) is 0 Å². The molecule has 0 radical (unpaired) electrons. The van der Waals surface area contributed by atoms with Gasteiger partial charge in [-0.1, -0.05) is 18.6 Å². The molecule has 0 aromatic heterocycles. The third kappa shape index (κ3) is 1.25. The molecule has 0 aliphatic heterocycles. The van der Waals surface area contributed by atoms with Crippen LogP contribution in [0.3, 0.4) is 0 Å². The molecule has 0 amide bonds. The van der Waals surface area contributed by atoms with Crippen LogP contribution in [0.1, 0.15) is 20.8 Å². The lowest BCUT2D eigenvalue weighted by atomic mass is 9.96. The standard InChI is InChI=1S/C9H12O2/c1-5-4-6(2)9(11)8(5)7(3)10/h4,6,8H,1-3H3. The second kappa shape index (κ2) is 2.61. The fourth-order valence-electron chi connectivity index (χ4n) is 1.58. The van der Waals surface area contributed by atoms with E-state index in [1.807, 2.05) is 19.9 Å². The predicted octanol–water partition coefficient (Wildman–Crippen LogP) is 1.36. The fraction of sp³-hybridized carbons (Fsp3) is 0.556. The summed E-state index contributed by atoms with van der Waals surface area (Å²) in [6, 6.07) is 0. The van der Waals surface area contributed by atoms with Gasteiger partial charge in [0.05, 0.1) is 5.92 Å². The van der Waals surface area contributed by atoms with Crippen molar-refractivity contribution < 1.29 is 9.59 Å². The van der Waals surface area contributed by atoms with E-state index in [-0.39, 0.29) is 17.5 Å². The maximum atomic E-state index is 11.3. The van der Waals surface area contributed by atoms with Gasteiger partial charge in [-0.05, 0) is 13.8 Å². The summed E-state index contributed by atoms with van der Waals surface area (Å²) in [6.45, 7) is 5.14. The van der Waals surface area contributed by atoms with Crippen molar-refractivity contribution in [3.05, 3.63) is 11.6 Å². The van der Waals surface area contributed by atoms with Crippen molar-refractivity contribution >= 4 is 11.6 Å². The van der Waals surface area contributed by atoms with Crippen molar-refractivity contribution in [2.45, 2.75) is 20.8 Å². The van der Waals surface area contributed by atoms with Crippen molar-refractivity contribution in [3.8, 4) is 0 Å². The van der Waals surface area contributed by atoms with Crippen LogP contribution in [0.15, 0.2) is 11.6 Å². The van der Waals surface area contributed by atoms with E-state index in [0.717, 1.165) is 5.57 Å². The minimum atomic E-state index is -0.440. The van der Waals surface area contributed by atoms with E-state index in [1.54, 1.807) is 0 Å². The summed E-state index contributed by atoms with van der Waals surface area (Å²) in [7, 11) is 0. The average Bonchev–Trinajstić information content (AvgIpc) is 2.07. The molecule has 2 nitrogen and oxygen atoms in total. The molecule has 1 rings (SSSR count). The predicted molar refractivity (Wildman–Crippen MR) is 42.1 cm³/mol. The summed E-state index contributed by atoms with van der Waals surface area (Å²) in [6.07, 6.45) is 1.87. The summed E-state index contributed by atoms with van der Waals surface area (Å²) in [4.78, 5) is 22.2. The molecule has 2 unspecified atom stereocenters. The summed E-state index contributed by atoms with van der Waals surface area (Å²) in [5, 5.41) is 0. The van der Waals surface area contributed by atoms with Gasteiger partial charge >= 0.3 is 0 Å². The summed E-state index contributed by atoms with van der Waals surface area (Å²) >= 11 is 0. The second-order valence-corrected chi connectivity index (χ2v) is 3.15. The lowest BCUT2D eigenvalue weighted by molar-refractivity contribution is -0.130. The molecule has 0 aromatic carbocycles. The Bertz CT molecular complexity index is 238. The van der Waals surface area contributed by atoms with Crippen LogP contribution in [-0.4, -0.2) is 11.6 Å². The van der Waals surface area contributed by atoms with Gasteiger partial charge in [0.25, 0.3) is 0 Å². The molecule has 0 N–H and O–H groups in total. The quantitative estimate of drug-likeness (QED) is 0.420. The Labute approximate surface area is 66.3 Å². The number of Topliss-reactive ketones (excluding diaryl/α,β-unsaturated/α-hetero) is 2. The first-order valence-corrected chi connectivity index (χ1v) is 3.76.